The normalized spacial score (nSPS) is 10.6. The fourth-order valence-corrected chi connectivity index (χ4v) is 2.28. The summed E-state index contributed by atoms with van der Waals surface area (Å²) in [5, 5.41) is 11.4. The molecule has 128 valence electrons. The molecule has 0 bridgehead atoms. The van der Waals surface area contributed by atoms with E-state index in [0.717, 1.165) is 0 Å². The standard InChI is InChI=1S/C17H18F2N2O3/c1-24-17-12(4-2-7-21-17)11-8-14(18)13(15(19)9-11)10-20-6-3-5-16(22)23/h2,4,7-9,20H,3,5-6,10H2,1H3,(H,22,23). The Morgan fingerprint density at radius 3 is 2.67 bits per heavy atom. The second-order valence-corrected chi connectivity index (χ2v) is 5.15. The Balaban J connectivity index is 2.12. The van der Waals surface area contributed by atoms with Gasteiger partial charge in [-0.05, 0) is 42.8 Å². The number of aliphatic carboxylic acids is 1. The number of rotatable bonds is 8. The summed E-state index contributed by atoms with van der Waals surface area (Å²) in [6.07, 6.45) is 1.94. The van der Waals surface area contributed by atoms with Crippen LogP contribution >= 0.6 is 0 Å². The first-order valence-corrected chi connectivity index (χ1v) is 7.42. The first-order valence-electron chi connectivity index (χ1n) is 7.42. The molecule has 0 atom stereocenters. The van der Waals surface area contributed by atoms with Crippen molar-refractivity contribution in [1.82, 2.24) is 10.3 Å². The minimum atomic E-state index is -0.899. The van der Waals surface area contributed by atoms with Crippen LogP contribution in [-0.2, 0) is 11.3 Å². The second-order valence-electron chi connectivity index (χ2n) is 5.15. The maximum Gasteiger partial charge on any atom is 0.303 e. The zero-order valence-electron chi connectivity index (χ0n) is 13.2. The van der Waals surface area contributed by atoms with E-state index in [4.69, 9.17) is 9.84 Å². The highest BCUT2D eigenvalue weighted by Gasteiger charge is 2.14. The molecule has 2 N–H and O–H groups in total. The lowest BCUT2D eigenvalue weighted by Gasteiger charge is -2.11. The Morgan fingerprint density at radius 2 is 2.04 bits per heavy atom. The summed E-state index contributed by atoms with van der Waals surface area (Å²) in [5.74, 6) is -1.97. The van der Waals surface area contributed by atoms with Gasteiger partial charge in [0.15, 0.2) is 0 Å². The minimum absolute atomic E-state index is 0.0116. The largest absolute Gasteiger partial charge is 0.481 e. The number of pyridine rings is 1. The van der Waals surface area contributed by atoms with E-state index in [2.05, 4.69) is 10.3 Å². The van der Waals surface area contributed by atoms with Gasteiger partial charge in [0.25, 0.3) is 0 Å². The maximum atomic E-state index is 14.2. The quantitative estimate of drug-likeness (QED) is 0.725. The van der Waals surface area contributed by atoms with Crippen LogP contribution in [0.1, 0.15) is 18.4 Å². The third-order valence-electron chi connectivity index (χ3n) is 3.46. The number of ether oxygens (including phenoxy) is 1. The number of hydrogen-bond acceptors (Lipinski definition) is 4. The molecule has 1 heterocycles. The van der Waals surface area contributed by atoms with Gasteiger partial charge in [-0.3, -0.25) is 4.79 Å². The molecule has 7 heteroatoms. The van der Waals surface area contributed by atoms with Crippen LogP contribution in [0.3, 0.4) is 0 Å². The minimum Gasteiger partial charge on any atom is -0.481 e. The van der Waals surface area contributed by atoms with Gasteiger partial charge in [0, 0.05) is 30.3 Å². The monoisotopic (exact) mass is 336 g/mol. The molecule has 0 aliphatic carbocycles. The number of hydrogen-bond donors (Lipinski definition) is 2. The Hall–Kier alpha value is -2.54. The zero-order chi connectivity index (χ0) is 17.5. The number of nitrogens with zero attached hydrogens (tertiary/aromatic N) is 1. The fraction of sp³-hybridized carbons (Fsp3) is 0.294. The van der Waals surface area contributed by atoms with Gasteiger partial charge >= 0.3 is 5.97 Å². The first-order chi connectivity index (χ1) is 11.5. The van der Waals surface area contributed by atoms with Crippen molar-refractivity contribution in [3.05, 3.63) is 47.7 Å². The predicted molar refractivity (Wildman–Crippen MR) is 84.7 cm³/mol. The number of nitrogens with one attached hydrogen (secondary N) is 1. The molecule has 5 nitrogen and oxygen atoms in total. The molecule has 2 aromatic rings. The average molecular weight is 336 g/mol. The number of methoxy groups -OCH3 is 1. The van der Waals surface area contributed by atoms with Crippen LogP contribution in [-0.4, -0.2) is 29.7 Å². The van der Waals surface area contributed by atoms with Crippen LogP contribution in [0, 0.1) is 11.6 Å². The van der Waals surface area contributed by atoms with Gasteiger partial charge in [-0.15, -0.1) is 0 Å². The predicted octanol–water partition coefficient (Wildman–Crippen LogP) is 2.99. The molecule has 0 unspecified atom stereocenters. The van der Waals surface area contributed by atoms with Gasteiger partial charge < -0.3 is 15.2 Å². The lowest BCUT2D eigenvalue weighted by molar-refractivity contribution is -0.137. The van der Waals surface area contributed by atoms with Crippen molar-refractivity contribution in [2.24, 2.45) is 0 Å². The Morgan fingerprint density at radius 1 is 1.33 bits per heavy atom. The van der Waals surface area contributed by atoms with Gasteiger partial charge in [-0.1, -0.05) is 0 Å². The topological polar surface area (TPSA) is 71.5 Å². The summed E-state index contributed by atoms with van der Waals surface area (Å²) in [6.45, 7) is 0.352. The Bertz CT molecular complexity index is 700. The van der Waals surface area contributed by atoms with E-state index in [1.807, 2.05) is 0 Å². The van der Waals surface area contributed by atoms with Gasteiger partial charge in [0.1, 0.15) is 11.6 Å². The number of aromatic nitrogens is 1. The van der Waals surface area contributed by atoms with Crippen LogP contribution in [0.15, 0.2) is 30.5 Å². The number of halogens is 2. The van der Waals surface area contributed by atoms with Crippen molar-refractivity contribution >= 4 is 5.97 Å². The summed E-state index contributed by atoms with van der Waals surface area (Å²) in [5.41, 5.74) is 0.750. The summed E-state index contributed by atoms with van der Waals surface area (Å²) in [4.78, 5) is 14.4. The third kappa shape index (κ3) is 4.48. The summed E-state index contributed by atoms with van der Waals surface area (Å²) < 4.78 is 33.6. The molecule has 0 saturated carbocycles. The van der Waals surface area contributed by atoms with Gasteiger partial charge in [-0.2, -0.15) is 0 Å². The molecule has 1 aromatic heterocycles. The van der Waals surface area contributed by atoms with Crippen molar-refractivity contribution in [2.75, 3.05) is 13.7 Å². The molecule has 0 amide bonds. The molecule has 0 aliphatic rings. The molecule has 0 fully saturated rings. The number of carboxylic acids is 1. The van der Waals surface area contributed by atoms with Crippen LogP contribution in [0.5, 0.6) is 5.88 Å². The average Bonchev–Trinajstić information content (AvgIpc) is 2.56. The lowest BCUT2D eigenvalue weighted by Crippen LogP contribution is -2.17. The van der Waals surface area contributed by atoms with Gasteiger partial charge in [0.05, 0.1) is 7.11 Å². The smallest absolute Gasteiger partial charge is 0.303 e. The summed E-state index contributed by atoms with van der Waals surface area (Å²) >= 11 is 0. The summed E-state index contributed by atoms with van der Waals surface area (Å²) in [6, 6.07) is 5.79. The Labute approximate surface area is 138 Å². The second kappa shape index (κ2) is 8.35. The molecule has 24 heavy (non-hydrogen) atoms. The van der Waals surface area contributed by atoms with E-state index in [9.17, 15) is 13.6 Å². The van der Waals surface area contributed by atoms with Crippen LogP contribution in [0.2, 0.25) is 0 Å². The molecule has 2 rings (SSSR count). The highest BCUT2D eigenvalue weighted by molar-refractivity contribution is 5.69. The van der Waals surface area contributed by atoms with Crippen molar-refractivity contribution in [1.29, 1.82) is 0 Å². The van der Waals surface area contributed by atoms with E-state index in [-0.39, 0.29) is 24.4 Å². The number of carbonyl (C=O) groups is 1. The highest BCUT2D eigenvalue weighted by atomic mass is 19.1. The maximum absolute atomic E-state index is 14.2. The first kappa shape index (κ1) is 17.8. The molecule has 0 aliphatic heterocycles. The third-order valence-corrected chi connectivity index (χ3v) is 3.46. The highest BCUT2D eigenvalue weighted by Crippen LogP contribution is 2.30. The molecular formula is C17H18F2N2O3. The van der Waals surface area contributed by atoms with Crippen LogP contribution < -0.4 is 10.1 Å². The van der Waals surface area contributed by atoms with Crippen molar-refractivity contribution < 1.29 is 23.4 Å². The molecule has 0 saturated heterocycles. The fourth-order valence-electron chi connectivity index (χ4n) is 2.28. The zero-order valence-corrected chi connectivity index (χ0v) is 13.2. The van der Waals surface area contributed by atoms with E-state index in [1.165, 1.54) is 25.4 Å². The van der Waals surface area contributed by atoms with Gasteiger partial charge in [-0.25, -0.2) is 13.8 Å². The van der Waals surface area contributed by atoms with Crippen molar-refractivity contribution in [3.8, 4) is 17.0 Å². The molecular weight excluding hydrogens is 318 g/mol. The van der Waals surface area contributed by atoms with Gasteiger partial charge in [0.2, 0.25) is 5.88 Å². The van der Waals surface area contributed by atoms with Crippen molar-refractivity contribution in [2.45, 2.75) is 19.4 Å². The van der Waals surface area contributed by atoms with E-state index in [1.54, 1.807) is 12.1 Å². The van der Waals surface area contributed by atoms with E-state index < -0.39 is 17.6 Å². The molecule has 0 radical (unpaired) electrons. The van der Waals surface area contributed by atoms with E-state index in [0.29, 0.717) is 24.1 Å². The molecule has 0 spiro atoms. The number of benzene rings is 1. The SMILES string of the molecule is COc1ncccc1-c1cc(F)c(CNCCCC(=O)O)c(F)c1. The Kier molecular flexibility index (Phi) is 6.20. The number of carboxylic acid groups (broad SMARTS) is 1. The lowest BCUT2D eigenvalue weighted by atomic mass is 10.0. The summed E-state index contributed by atoms with van der Waals surface area (Å²) in [7, 11) is 1.44. The molecule has 1 aromatic carbocycles. The van der Waals surface area contributed by atoms with Crippen molar-refractivity contribution in [3.63, 3.8) is 0 Å². The van der Waals surface area contributed by atoms with Crippen LogP contribution in [0.25, 0.3) is 11.1 Å². The van der Waals surface area contributed by atoms with E-state index >= 15 is 0 Å². The van der Waals surface area contributed by atoms with Crippen LogP contribution in [0.4, 0.5) is 8.78 Å².